The number of nitrogens with two attached hydrogens (primary N) is 1. The van der Waals surface area contributed by atoms with Gasteiger partial charge in [0.25, 0.3) is 5.91 Å². The lowest BCUT2D eigenvalue weighted by Crippen LogP contribution is -2.14. The zero-order valence-electron chi connectivity index (χ0n) is 9.92. The normalized spacial score (nSPS) is 10.5. The first-order chi connectivity index (χ1) is 9.22. The van der Waals surface area contributed by atoms with Gasteiger partial charge in [0.05, 0.1) is 0 Å². The van der Waals surface area contributed by atoms with Crippen LogP contribution in [0.25, 0.3) is 10.9 Å². The molecule has 19 heavy (non-hydrogen) atoms. The highest BCUT2D eigenvalue weighted by molar-refractivity contribution is 6.05. The van der Waals surface area contributed by atoms with Crippen LogP contribution in [0, 0.1) is 0 Å². The maximum atomic E-state index is 12.0. The Morgan fingerprint density at radius 1 is 1.21 bits per heavy atom. The molecule has 4 N–H and O–H groups in total. The highest BCUT2D eigenvalue weighted by Gasteiger charge is 2.10. The van der Waals surface area contributed by atoms with Gasteiger partial charge in [-0.15, -0.1) is 0 Å². The molecule has 0 radical (unpaired) electrons. The molecule has 0 saturated heterocycles. The van der Waals surface area contributed by atoms with Gasteiger partial charge in [-0.25, -0.2) is 9.97 Å². The van der Waals surface area contributed by atoms with Crippen molar-refractivity contribution in [1.29, 1.82) is 0 Å². The van der Waals surface area contributed by atoms with Crippen molar-refractivity contribution in [3.05, 3.63) is 48.4 Å². The molecule has 0 bridgehead atoms. The second kappa shape index (κ2) is 4.41. The lowest BCUT2D eigenvalue weighted by molar-refractivity contribution is 0.102. The standard InChI is InChI=1S/C13H11N5O/c14-9-2-3-10-8(6-9)7-11(17-10)12(19)18-13-15-4-1-5-16-13/h1-7,17H,14H2,(H,15,16,18,19). The van der Waals surface area contributed by atoms with Crippen LogP contribution in [0.3, 0.4) is 0 Å². The van der Waals surface area contributed by atoms with Gasteiger partial charge in [-0.2, -0.15) is 0 Å². The first kappa shape index (κ1) is 11.2. The van der Waals surface area contributed by atoms with E-state index in [-0.39, 0.29) is 11.9 Å². The molecule has 0 unspecified atom stereocenters. The van der Waals surface area contributed by atoms with Crippen molar-refractivity contribution in [2.45, 2.75) is 0 Å². The summed E-state index contributed by atoms with van der Waals surface area (Å²) in [5.41, 5.74) is 7.65. The number of amides is 1. The van der Waals surface area contributed by atoms with E-state index in [0.717, 1.165) is 10.9 Å². The van der Waals surface area contributed by atoms with Crippen molar-refractivity contribution in [3.8, 4) is 0 Å². The Bertz CT molecular complexity index is 735. The highest BCUT2D eigenvalue weighted by atomic mass is 16.2. The van der Waals surface area contributed by atoms with E-state index in [2.05, 4.69) is 20.3 Å². The van der Waals surface area contributed by atoms with Crippen LogP contribution in [0.15, 0.2) is 42.7 Å². The minimum Gasteiger partial charge on any atom is -0.399 e. The Balaban J connectivity index is 1.89. The van der Waals surface area contributed by atoms with E-state index in [4.69, 9.17) is 5.73 Å². The number of nitrogen functional groups attached to an aromatic ring is 1. The van der Waals surface area contributed by atoms with Gasteiger partial charge in [0.2, 0.25) is 5.95 Å². The fourth-order valence-corrected chi connectivity index (χ4v) is 1.81. The molecule has 2 heterocycles. The lowest BCUT2D eigenvalue weighted by Gasteiger charge is -1.99. The first-order valence-corrected chi connectivity index (χ1v) is 5.69. The first-order valence-electron chi connectivity index (χ1n) is 5.69. The molecule has 1 aromatic carbocycles. The van der Waals surface area contributed by atoms with Gasteiger partial charge in [0, 0.05) is 29.0 Å². The summed E-state index contributed by atoms with van der Waals surface area (Å²) in [5.74, 6) is -0.0216. The minimum atomic E-state index is -0.291. The molecule has 0 fully saturated rings. The summed E-state index contributed by atoms with van der Waals surface area (Å²) >= 11 is 0. The van der Waals surface area contributed by atoms with Gasteiger partial charge in [-0.3, -0.25) is 10.1 Å². The summed E-state index contributed by atoms with van der Waals surface area (Å²) in [4.78, 5) is 22.9. The van der Waals surface area contributed by atoms with Gasteiger partial charge in [-0.1, -0.05) is 0 Å². The zero-order chi connectivity index (χ0) is 13.2. The number of rotatable bonds is 2. The number of hydrogen-bond donors (Lipinski definition) is 3. The molecule has 0 aliphatic heterocycles. The fourth-order valence-electron chi connectivity index (χ4n) is 1.81. The van der Waals surface area contributed by atoms with Gasteiger partial charge in [-0.05, 0) is 30.3 Å². The summed E-state index contributed by atoms with van der Waals surface area (Å²) in [7, 11) is 0. The minimum absolute atomic E-state index is 0.269. The van der Waals surface area contributed by atoms with E-state index in [1.165, 1.54) is 0 Å². The topological polar surface area (TPSA) is 96.7 Å². The molecule has 1 amide bonds. The van der Waals surface area contributed by atoms with Crippen molar-refractivity contribution in [1.82, 2.24) is 15.0 Å². The maximum absolute atomic E-state index is 12.0. The molecule has 0 aliphatic rings. The third kappa shape index (κ3) is 2.23. The van der Waals surface area contributed by atoms with Crippen molar-refractivity contribution in [3.63, 3.8) is 0 Å². The summed E-state index contributed by atoms with van der Waals surface area (Å²) < 4.78 is 0. The molecule has 0 spiro atoms. The third-order valence-corrected chi connectivity index (χ3v) is 2.68. The molecule has 6 nitrogen and oxygen atoms in total. The number of hydrogen-bond acceptors (Lipinski definition) is 4. The summed E-state index contributed by atoms with van der Waals surface area (Å²) in [6.45, 7) is 0. The Morgan fingerprint density at radius 2 is 2.00 bits per heavy atom. The molecule has 3 rings (SSSR count). The largest absolute Gasteiger partial charge is 0.399 e. The van der Waals surface area contributed by atoms with E-state index in [1.807, 2.05) is 12.1 Å². The molecule has 0 aliphatic carbocycles. The maximum Gasteiger partial charge on any atom is 0.274 e. The lowest BCUT2D eigenvalue weighted by atomic mass is 10.2. The average molecular weight is 253 g/mol. The van der Waals surface area contributed by atoms with Crippen LogP contribution >= 0.6 is 0 Å². The van der Waals surface area contributed by atoms with Crippen LogP contribution in [0.4, 0.5) is 11.6 Å². The van der Waals surface area contributed by atoms with Crippen LogP contribution in [0.2, 0.25) is 0 Å². The van der Waals surface area contributed by atoms with E-state index in [0.29, 0.717) is 11.4 Å². The number of nitrogens with zero attached hydrogens (tertiary/aromatic N) is 2. The van der Waals surface area contributed by atoms with Gasteiger partial charge >= 0.3 is 0 Å². The van der Waals surface area contributed by atoms with Gasteiger partial charge in [0.15, 0.2) is 0 Å². The van der Waals surface area contributed by atoms with Gasteiger partial charge < -0.3 is 10.7 Å². The third-order valence-electron chi connectivity index (χ3n) is 2.68. The Hall–Kier alpha value is -2.89. The van der Waals surface area contributed by atoms with Crippen LogP contribution in [-0.2, 0) is 0 Å². The quantitative estimate of drug-likeness (QED) is 0.606. The van der Waals surface area contributed by atoms with Crippen molar-refractivity contribution in [2.24, 2.45) is 0 Å². The molecular weight excluding hydrogens is 242 g/mol. The van der Waals surface area contributed by atoms with E-state index in [9.17, 15) is 4.79 Å². The SMILES string of the molecule is Nc1ccc2[nH]c(C(=O)Nc3ncccn3)cc2c1. The Morgan fingerprint density at radius 3 is 2.79 bits per heavy atom. The number of H-pyrrole nitrogens is 1. The second-order valence-corrected chi connectivity index (χ2v) is 4.06. The number of fused-ring (bicyclic) bond motifs is 1. The van der Waals surface area contributed by atoms with Crippen molar-refractivity contribution < 1.29 is 4.79 Å². The average Bonchev–Trinajstić information content (AvgIpc) is 2.83. The zero-order valence-corrected chi connectivity index (χ0v) is 9.92. The van der Waals surface area contributed by atoms with Crippen LogP contribution < -0.4 is 11.1 Å². The number of carbonyl (C=O) groups excluding carboxylic acids is 1. The number of aromatic nitrogens is 3. The van der Waals surface area contributed by atoms with Gasteiger partial charge in [0.1, 0.15) is 5.69 Å². The molecule has 6 heteroatoms. The molecule has 0 saturated carbocycles. The predicted molar refractivity (Wildman–Crippen MR) is 72.7 cm³/mol. The predicted octanol–water partition coefficient (Wildman–Crippen LogP) is 1.79. The summed E-state index contributed by atoms with van der Waals surface area (Å²) in [5, 5.41) is 3.50. The monoisotopic (exact) mass is 253 g/mol. The Kier molecular flexibility index (Phi) is 2.60. The number of carbonyl (C=O) groups is 1. The van der Waals surface area contributed by atoms with Crippen LogP contribution in [-0.4, -0.2) is 20.9 Å². The van der Waals surface area contributed by atoms with E-state index < -0.39 is 0 Å². The smallest absolute Gasteiger partial charge is 0.274 e. The van der Waals surface area contributed by atoms with Crippen molar-refractivity contribution in [2.75, 3.05) is 11.1 Å². The Labute approximate surface area is 108 Å². The van der Waals surface area contributed by atoms with Crippen LogP contribution in [0.5, 0.6) is 0 Å². The highest BCUT2D eigenvalue weighted by Crippen LogP contribution is 2.18. The number of benzene rings is 1. The summed E-state index contributed by atoms with van der Waals surface area (Å²) in [6.07, 6.45) is 3.13. The van der Waals surface area contributed by atoms with E-state index >= 15 is 0 Å². The number of nitrogens with one attached hydrogen (secondary N) is 2. The number of aromatic amines is 1. The molecule has 0 atom stereocenters. The van der Waals surface area contributed by atoms with Crippen LogP contribution in [0.1, 0.15) is 10.5 Å². The molecule has 2 aromatic heterocycles. The van der Waals surface area contributed by atoms with E-state index in [1.54, 1.807) is 30.6 Å². The summed E-state index contributed by atoms with van der Waals surface area (Å²) in [6, 6.07) is 8.84. The second-order valence-electron chi connectivity index (χ2n) is 4.06. The van der Waals surface area contributed by atoms with Crippen molar-refractivity contribution >= 4 is 28.4 Å². The molecule has 94 valence electrons. The number of anilines is 2. The fraction of sp³-hybridized carbons (Fsp3) is 0. The molecule has 3 aromatic rings. The molecular formula is C13H11N5O.